The van der Waals surface area contributed by atoms with Gasteiger partial charge in [0.1, 0.15) is 11.6 Å². The van der Waals surface area contributed by atoms with Crippen LogP contribution in [0, 0.1) is 21.4 Å². The van der Waals surface area contributed by atoms with E-state index in [1.165, 1.54) is 31.7 Å². The van der Waals surface area contributed by atoms with Crippen molar-refractivity contribution in [3.05, 3.63) is 33.9 Å². The van der Waals surface area contributed by atoms with Gasteiger partial charge < -0.3 is 0 Å². The number of nitriles is 1. The Morgan fingerprint density at radius 2 is 2.12 bits per heavy atom. The molecule has 0 N–H and O–H groups in total. The molecule has 1 saturated carbocycles. The summed E-state index contributed by atoms with van der Waals surface area (Å²) in [5.41, 5.74) is 0.0428. The van der Waals surface area contributed by atoms with Crippen LogP contribution in [0.2, 0.25) is 0 Å². The normalized spacial score (nSPS) is 15.7. The quantitative estimate of drug-likeness (QED) is 0.606. The highest BCUT2D eigenvalue weighted by Gasteiger charge is 2.18. The lowest BCUT2D eigenvalue weighted by molar-refractivity contribution is -0.385. The number of nitro benzene ring substituents is 1. The van der Waals surface area contributed by atoms with Crippen LogP contribution < -0.4 is 0 Å². The van der Waals surface area contributed by atoms with E-state index in [1.807, 2.05) is 6.07 Å². The largest absolute Gasteiger partial charge is 0.287 e. The van der Waals surface area contributed by atoms with Crippen LogP contribution in [-0.2, 0) is 0 Å². The number of benzene rings is 1. The molecule has 1 aliphatic carbocycles. The first-order valence-corrected chi connectivity index (χ1v) is 6.44. The maximum Gasteiger partial charge on any atom is 0.287 e. The molecule has 0 aromatic heterocycles. The van der Waals surface area contributed by atoms with Gasteiger partial charge in [0, 0.05) is 16.2 Å². The minimum atomic E-state index is -0.511. The first kappa shape index (κ1) is 11.9. The number of hydrogen-bond donors (Lipinski definition) is 0. The van der Waals surface area contributed by atoms with Crippen LogP contribution >= 0.6 is 11.8 Å². The smallest absolute Gasteiger partial charge is 0.258 e. The van der Waals surface area contributed by atoms with E-state index in [9.17, 15) is 10.1 Å². The van der Waals surface area contributed by atoms with Crippen LogP contribution in [0.15, 0.2) is 23.1 Å². The van der Waals surface area contributed by atoms with Gasteiger partial charge in [-0.2, -0.15) is 5.26 Å². The third-order valence-electron chi connectivity index (χ3n) is 2.89. The molecular formula is C12H12N2O2S. The van der Waals surface area contributed by atoms with E-state index in [2.05, 4.69) is 0 Å². The highest BCUT2D eigenvalue weighted by Crippen LogP contribution is 2.36. The van der Waals surface area contributed by atoms with Crippen LogP contribution in [0.5, 0.6) is 0 Å². The van der Waals surface area contributed by atoms with Crippen LogP contribution in [-0.4, -0.2) is 10.2 Å². The highest BCUT2D eigenvalue weighted by molar-refractivity contribution is 8.00. The van der Waals surface area contributed by atoms with E-state index in [1.54, 1.807) is 23.9 Å². The molecule has 2 rings (SSSR count). The van der Waals surface area contributed by atoms with E-state index in [4.69, 9.17) is 5.26 Å². The van der Waals surface area contributed by atoms with E-state index in [0.717, 1.165) is 4.90 Å². The van der Waals surface area contributed by atoms with Crippen molar-refractivity contribution in [1.29, 1.82) is 5.26 Å². The molecule has 88 valence electrons. The van der Waals surface area contributed by atoms with E-state index >= 15 is 0 Å². The summed E-state index contributed by atoms with van der Waals surface area (Å²) >= 11 is 1.73. The Kier molecular flexibility index (Phi) is 3.64. The fraction of sp³-hybridized carbons (Fsp3) is 0.417. The van der Waals surface area contributed by atoms with Crippen molar-refractivity contribution >= 4 is 17.4 Å². The topological polar surface area (TPSA) is 66.9 Å². The molecule has 0 unspecified atom stereocenters. The minimum Gasteiger partial charge on any atom is -0.258 e. The molecule has 0 bridgehead atoms. The molecular weight excluding hydrogens is 236 g/mol. The molecule has 17 heavy (non-hydrogen) atoms. The van der Waals surface area contributed by atoms with Crippen LogP contribution in [0.25, 0.3) is 0 Å². The summed E-state index contributed by atoms with van der Waals surface area (Å²) < 4.78 is 0. The van der Waals surface area contributed by atoms with Crippen LogP contribution in [0.3, 0.4) is 0 Å². The molecule has 0 spiro atoms. The number of thioether (sulfide) groups is 1. The molecule has 0 amide bonds. The number of nitrogens with zero attached hydrogens (tertiary/aromatic N) is 2. The van der Waals surface area contributed by atoms with Gasteiger partial charge in [0.15, 0.2) is 0 Å². The Labute approximate surface area is 104 Å². The average Bonchev–Trinajstić information content (AvgIpc) is 2.81. The van der Waals surface area contributed by atoms with Crippen molar-refractivity contribution in [3.63, 3.8) is 0 Å². The monoisotopic (exact) mass is 248 g/mol. The van der Waals surface area contributed by atoms with Gasteiger partial charge in [-0.25, -0.2) is 0 Å². The summed E-state index contributed by atoms with van der Waals surface area (Å²) in [6, 6.07) is 6.68. The summed E-state index contributed by atoms with van der Waals surface area (Å²) in [7, 11) is 0. The minimum absolute atomic E-state index is 0.108. The van der Waals surface area contributed by atoms with Gasteiger partial charge in [-0.15, -0.1) is 11.8 Å². The molecule has 1 aliphatic rings. The molecule has 0 radical (unpaired) electrons. The molecule has 0 heterocycles. The Balaban J connectivity index is 2.19. The molecule has 5 heteroatoms. The number of rotatable bonds is 3. The first-order valence-electron chi connectivity index (χ1n) is 5.56. The van der Waals surface area contributed by atoms with E-state index < -0.39 is 4.92 Å². The molecule has 1 aromatic rings. The predicted molar refractivity (Wildman–Crippen MR) is 65.9 cm³/mol. The van der Waals surface area contributed by atoms with Crippen molar-refractivity contribution in [2.45, 2.75) is 35.8 Å². The van der Waals surface area contributed by atoms with Crippen molar-refractivity contribution in [3.8, 4) is 6.07 Å². The molecule has 0 atom stereocenters. The molecule has 0 aliphatic heterocycles. The second-order valence-electron chi connectivity index (χ2n) is 4.07. The summed E-state index contributed by atoms with van der Waals surface area (Å²) in [4.78, 5) is 11.1. The number of hydrogen-bond acceptors (Lipinski definition) is 4. The third kappa shape index (κ3) is 2.77. The van der Waals surface area contributed by atoms with Gasteiger partial charge in [-0.3, -0.25) is 10.1 Å². The maximum atomic E-state index is 10.7. The fourth-order valence-electron chi connectivity index (χ4n) is 2.04. The maximum absolute atomic E-state index is 10.7. The average molecular weight is 248 g/mol. The lowest BCUT2D eigenvalue weighted by Gasteiger charge is -2.08. The van der Waals surface area contributed by atoms with Gasteiger partial charge in [0.25, 0.3) is 5.69 Å². The van der Waals surface area contributed by atoms with Crippen molar-refractivity contribution in [2.75, 3.05) is 0 Å². The van der Waals surface area contributed by atoms with Crippen LogP contribution in [0.4, 0.5) is 5.69 Å². The molecule has 1 fully saturated rings. The summed E-state index contributed by atoms with van der Waals surface area (Å²) in [5, 5.41) is 20.2. The molecule has 1 aromatic carbocycles. The van der Waals surface area contributed by atoms with Crippen molar-refractivity contribution in [1.82, 2.24) is 0 Å². The lowest BCUT2D eigenvalue weighted by Crippen LogP contribution is -1.95. The molecule has 0 saturated heterocycles. The zero-order chi connectivity index (χ0) is 12.3. The van der Waals surface area contributed by atoms with Gasteiger partial charge in [-0.1, -0.05) is 12.8 Å². The van der Waals surface area contributed by atoms with Gasteiger partial charge in [0.05, 0.1) is 4.92 Å². The van der Waals surface area contributed by atoms with Gasteiger partial charge >= 0.3 is 0 Å². The third-order valence-corrected chi connectivity index (χ3v) is 4.22. The Morgan fingerprint density at radius 3 is 2.71 bits per heavy atom. The second-order valence-corrected chi connectivity index (χ2v) is 5.45. The van der Waals surface area contributed by atoms with Gasteiger partial charge in [-0.05, 0) is 25.0 Å². The standard InChI is InChI=1S/C12H12N2O2S/c13-8-9-7-11(5-6-12(9)14(15)16)17-10-3-1-2-4-10/h5-7,10H,1-4H2. The number of nitro groups is 1. The Morgan fingerprint density at radius 1 is 1.41 bits per heavy atom. The summed E-state index contributed by atoms with van der Waals surface area (Å²) in [6.07, 6.45) is 4.92. The summed E-state index contributed by atoms with van der Waals surface area (Å²) in [5.74, 6) is 0. The van der Waals surface area contributed by atoms with Crippen molar-refractivity contribution in [2.24, 2.45) is 0 Å². The van der Waals surface area contributed by atoms with Crippen molar-refractivity contribution < 1.29 is 4.92 Å². The van der Waals surface area contributed by atoms with Gasteiger partial charge in [0.2, 0.25) is 0 Å². The second kappa shape index (κ2) is 5.19. The van der Waals surface area contributed by atoms with Crippen LogP contribution in [0.1, 0.15) is 31.2 Å². The zero-order valence-corrected chi connectivity index (χ0v) is 10.1. The lowest BCUT2D eigenvalue weighted by atomic mass is 10.2. The molecule has 4 nitrogen and oxygen atoms in total. The fourth-order valence-corrected chi connectivity index (χ4v) is 3.32. The predicted octanol–water partition coefficient (Wildman–Crippen LogP) is 3.50. The highest BCUT2D eigenvalue weighted by atomic mass is 32.2. The zero-order valence-electron chi connectivity index (χ0n) is 9.26. The SMILES string of the molecule is N#Cc1cc(SC2CCCC2)ccc1[N+](=O)[O-]. The van der Waals surface area contributed by atoms with E-state index in [0.29, 0.717) is 5.25 Å². The Bertz CT molecular complexity index is 476. The Hall–Kier alpha value is -1.54. The van der Waals surface area contributed by atoms with E-state index in [-0.39, 0.29) is 11.3 Å². The summed E-state index contributed by atoms with van der Waals surface area (Å²) in [6.45, 7) is 0. The first-order chi connectivity index (χ1) is 8.20.